The van der Waals surface area contributed by atoms with E-state index in [2.05, 4.69) is 10.3 Å². The van der Waals surface area contributed by atoms with Crippen molar-refractivity contribution < 1.29 is 9.59 Å². The molecule has 1 saturated heterocycles. The van der Waals surface area contributed by atoms with Crippen molar-refractivity contribution in [3.05, 3.63) is 30.1 Å². The number of hydrogen-bond donors (Lipinski definition) is 1. The average Bonchev–Trinajstić information content (AvgIpc) is 2.48. The number of aromatic nitrogens is 1. The first-order valence-corrected chi connectivity index (χ1v) is 7.17. The zero-order valence-corrected chi connectivity index (χ0v) is 12.0. The predicted octanol–water partition coefficient (Wildman–Crippen LogP) is 1.14. The van der Waals surface area contributed by atoms with Crippen LogP contribution in [0.15, 0.2) is 24.5 Å². The summed E-state index contributed by atoms with van der Waals surface area (Å²) in [6.45, 7) is 4.42. The molecule has 1 aliphatic heterocycles. The Labute approximate surface area is 119 Å². The first-order chi connectivity index (χ1) is 9.67. The van der Waals surface area contributed by atoms with E-state index in [4.69, 9.17) is 0 Å². The molecule has 2 unspecified atom stereocenters. The van der Waals surface area contributed by atoms with Crippen LogP contribution in [0.2, 0.25) is 0 Å². The maximum absolute atomic E-state index is 12.4. The third kappa shape index (κ3) is 2.98. The van der Waals surface area contributed by atoms with Crippen LogP contribution in [0.25, 0.3) is 0 Å². The van der Waals surface area contributed by atoms with E-state index in [-0.39, 0.29) is 23.9 Å². The lowest BCUT2D eigenvalue weighted by molar-refractivity contribution is -0.149. The molecule has 0 spiro atoms. The molecule has 1 N–H and O–H groups in total. The van der Waals surface area contributed by atoms with E-state index in [0.29, 0.717) is 19.4 Å². The molecule has 0 aromatic carbocycles. The molecule has 1 aromatic rings. The molecule has 108 valence electrons. The topological polar surface area (TPSA) is 62.3 Å². The molecule has 1 aromatic heterocycles. The van der Waals surface area contributed by atoms with E-state index >= 15 is 0 Å². The van der Waals surface area contributed by atoms with Gasteiger partial charge in [0.05, 0.1) is 0 Å². The highest BCUT2D eigenvalue weighted by atomic mass is 16.2. The Morgan fingerprint density at radius 2 is 1.90 bits per heavy atom. The summed E-state index contributed by atoms with van der Waals surface area (Å²) >= 11 is 0. The number of nitrogens with zero attached hydrogens (tertiary/aromatic N) is 2. The summed E-state index contributed by atoms with van der Waals surface area (Å²) in [4.78, 5) is 30.1. The van der Waals surface area contributed by atoms with Crippen molar-refractivity contribution in [3.63, 3.8) is 0 Å². The van der Waals surface area contributed by atoms with Gasteiger partial charge < -0.3 is 10.2 Å². The first-order valence-electron chi connectivity index (χ1n) is 7.17. The fourth-order valence-corrected chi connectivity index (χ4v) is 2.57. The summed E-state index contributed by atoms with van der Waals surface area (Å²) in [5.74, 6) is 0.00156. The molecule has 5 nitrogen and oxygen atoms in total. The number of amides is 2. The maximum Gasteiger partial charge on any atom is 0.245 e. The Kier molecular flexibility index (Phi) is 4.71. The van der Waals surface area contributed by atoms with Gasteiger partial charge in [-0.1, -0.05) is 13.8 Å². The number of carbonyl (C=O) groups excluding carboxylic acids is 2. The SMILES string of the molecule is CCC1NC(=O)C(CC)N(CCc2ccncc2)C1=O. The van der Waals surface area contributed by atoms with Crippen molar-refractivity contribution in [1.82, 2.24) is 15.2 Å². The Morgan fingerprint density at radius 3 is 2.50 bits per heavy atom. The molecule has 1 aliphatic rings. The van der Waals surface area contributed by atoms with Crippen molar-refractivity contribution in [1.29, 1.82) is 0 Å². The lowest BCUT2D eigenvalue weighted by Gasteiger charge is -2.38. The van der Waals surface area contributed by atoms with Gasteiger partial charge in [0.15, 0.2) is 0 Å². The van der Waals surface area contributed by atoms with Crippen LogP contribution >= 0.6 is 0 Å². The van der Waals surface area contributed by atoms with Crippen molar-refractivity contribution in [2.45, 2.75) is 45.2 Å². The molecule has 2 rings (SSSR count). The van der Waals surface area contributed by atoms with Crippen molar-refractivity contribution in [3.8, 4) is 0 Å². The molecular weight excluding hydrogens is 254 g/mol. The highest BCUT2D eigenvalue weighted by Crippen LogP contribution is 2.15. The summed E-state index contributed by atoms with van der Waals surface area (Å²) in [6.07, 6.45) is 5.50. The third-order valence-corrected chi connectivity index (χ3v) is 3.76. The monoisotopic (exact) mass is 275 g/mol. The quantitative estimate of drug-likeness (QED) is 0.876. The molecule has 20 heavy (non-hydrogen) atoms. The Morgan fingerprint density at radius 1 is 1.20 bits per heavy atom. The minimum absolute atomic E-state index is 0.0336. The van der Waals surface area contributed by atoms with E-state index in [0.717, 1.165) is 12.0 Å². The predicted molar refractivity (Wildman–Crippen MR) is 76.0 cm³/mol. The van der Waals surface area contributed by atoms with Gasteiger partial charge in [0.2, 0.25) is 11.8 Å². The molecule has 1 fully saturated rings. The largest absolute Gasteiger partial charge is 0.343 e. The smallest absolute Gasteiger partial charge is 0.245 e. The fourth-order valence-electron chi connectivity index (χ4n) is 2.57. The molecule has 0 aliphatic carbocycles. The number of piperazine rings is 1. The minimum Gasteiger partial charge on any atom is -0.343 e. The van der Waals surface area contributed by atoms with Gasteiger partial charge in [0, 0.05) is 18.9 Å². The van der Waals surface area contributed by atoms with Crippen LogP contribution in [-0.4, -0.2) is 40.3 Å². The second-order valence-corrected chi connectivity index (χ2v) is 5.03. The fraction of sp³-hybridized carbons (Fsp3) is 0.533. The van der Waals surface area contributed by atoms with Crippen LogP contribution in [0.4, 0.5) is 0 Å². The van der Waals surface area contributed by atoms with Crippen molar-refractivity contribution in [2.24, 2.45) is 0 Å². The van der Waals surface area contributed by atoms with Crippen LogP contribution in [0.3, 0.4) is 0 Å². The standard InChI is InChI=1S/C15H21N3O2/c1-3-12-15(20)18(13(4-2)14(19)17-12)10-7-11-5-8-16-9-6-11/h5-6,8-9,12-13H,3-4,7,10H2,1-2H3,(H,17,19). The zero-order chi connectivity index (χ0) is 14.5. The number of pyridine rings is 1. The summed E-state index contributed by atoms with van der Waals surface area (Å²) in [7, 11) is 0. The Bertz CT molecular complexity index is 475. The van der Waals surface area contributed by atoms with Gasteiger partial charge in [-0.25, -0.2) is 0 Å². The second kappa shape index (κ2) is 6.50. The van der Waals surface area contributed by atoms with Gasteiger partial charge in [0.1, 0.15) is 12.1 Å². The van der Waals surface area contributed by atoms with Crippen molar-refractivity contribution >= 4 is 11.8 Å². The van der Waals surface area contributed by atoms with Crippen LogP contribution in [0.5, 0.6) is 0 Å². The number of hydrogen-bond acceptors (Lipinski definition) is 3. The Balaban J connectivity index is 2.08. The van der Waals surface area contributed by atoms with Crippen molar-refractivity contribution in [2.75, 3.05) is 6.54 Å². The summed E-state index contributed by atoms with van der Waals surface area (Å²) in [5.41, 5.74) is 1.13. The average molecular weight is 275 g/mol. The lowest BCUT2D eigenvalue weighted by Crippen LogP contribution is -2.63. The van der Waals surface area contributed by atoms with E-state index in [1.807, 2.05) is 26.0 Å². The van der Waals surface area contributed by atoms with Crippen LogP contribution < -0.4 is 5.32 Å². The van der Waals surface area contributed by atoms with Crippen LogP contribution in [-0.2, 0) is 16.0 Å². The van der Waals surface area contributed by atoms with Gasteiger partial charge in [-0.2, -0.15) is 0 Å². The Hall–Kier alpha value is -1.91. The van der Waals surface area contributed by atoms with E-state index in [1.54, 1.807) is 17.3 Å². The molecule has 0 saturated carbocycles. The highest BCUT2D eigenvalue weighted by Gasteiger charge is 2.38. The van der Waals surface area contributed by atoms with E-state index in [1.165, 1.54) is 0 Å². The normalized spacial score (nSPS) is 22.8. The summed E-state index contributed by atoms with van der Waals surface area (Å²) in [6, 6.07) is 3.16. The third-order valence-electron chi connectivity index (χ3n) is 3.76. The minimum atomic E-state index is -0.372. The zero-order valence-electron chi connectivity index (χ0n) is 12.0. The van der Waals surface area contributed by atoms with Crippen LogP contribution in [0, 0.1) is 0 Å². The lowest BCUT2D eigenvalue weighted by atomic mass is 10.0. The van der Waals surface area contributed by atoms with Crippen LogP contribution in [0.1, 0.15) is 32.3 Å². The molecule has 2 atom stereocenters. The number of nitrogens with one attached hydrogen (secondary N) is 1. The van der Waals surface area contributed by atoms with Gasteiger partial charge in [-0.3, -0.25) is 14.6 Å². The maximum atomic E-state index is 12.4. The van der Waals surface area contributed by atoms with E-state index < -0.39 is 0 Å². The van der Waals surface area contributed by atoms with Gasteiger partial charge in [0.25, 0.3) is 0 Å². The summed E-state index contributed by atoms with van der Waals surface area (Å²) < 4.78 is 0. The van der Waals surface area contributed by atoms with E-state index in [9.17, 15) is 9.59 Å². The molecule has 2 amide bonds. The van der Waals surface area contributed by atoms with Gasteiger partial charge in [-0.15, -0.1) is 0 Å². The number of carbonyl (C=O) groups is 2. The van der Waals surface area contributed by atoms with Gasteiger partial charge in [-0.05, 0) is 37.0 Å². The molecule has 5 heteroatoms. The molecular formula is C15H21N3O2. The first kappa shape index (κ1) is 14.5. The highest BCUT2D eigenvalue weighted by molar-refractivity contribution is 5.96. The molecule has 0 radical (unpaired) electrons. The second-order valence-electron chi connectivity index (χ2n) is 5.03. The molecule has 2 heterocycles. The number of rotatable bonds is 5. The summed E-state index contributed by atoms with van der Waals surface area (Å²) in [5, 5.41) is 2.80. The molecule has 0 bridgehead atoms. The van der Waals surface area contributed by atoms with Gasteiger partial charge >= 0.3 is 0 Å².